The number of hydrogen-bond acceptors (Lipinski definition) is 6. The van der Waals surface area contributed by atoms with Gasteiger partial charge in [-0.05, 0) is 48.4 Å². The number of carbonyl (C=O) groups excluding carboxylic acids is 1. The molecular formula is C21H20N2O4S. The summed E-state index contributed by atoms with van der Waals surface area (Å²) in [4.78, 5) is 17.1. The van der Waals surface area contributed by atoms with Crippen LogP contribution in [0.4, 0.5) is 5.69 Å². The van der Waals surface area contributed by atoms with Crippen LogP contribution in [0.2, 0.25) is 0 Å². The SMILES string of the molecule is CCc1cc2cc(OC)ccc2nc1SCC(=O)Nc1ccc2c(c1)OCO2. The molecule has 4 rings (SSSR count). The number of amides is 1. The van der Waals surface area contributed by atoms with E-state index in [1.165, 1.54) is 11.8 Å². The molecular weight excluding hydrogens is 376 g/mol. The molecule has 0 spiro atoms. The van der Waals surface area contributed by atoms with Crippen molar-refractivity contribution in [2.24, 2.45) is 0 Å². The fraction of sp³-hybridized carbons (Fsp3) is 0.238. The average molecular weight is 396 g/mol. The smallest absolute Gasteiger partial charge is 0.234 e. The van der Waals surface area contributed by atoms with E-state index in [0.717, 1.165) is 33.7 Å². The van der Waals surface area contributed by atoms with Crippen LogP contribution in [0.15, 0.2) is 47.5 Å². The van der Waals surface area contributed by atoms with Gasteiger partial charge in [0, 0.05) is 17.1 Å². The number of fused-ring (bicyclic) bond motifs is 2. The number of pyridine rings is 1. The summed E-state index contributed by atoms with van der Waals surface area (Å²) in [5.74, 6) is 2.32. The van der Waals surface area contributed by atoms with Gasteiger partial charge in [-0.1, -0.05) is 18.7 Å². The Bertz CT molecular complexity index is 1040. The second kappa shape index (κ2) is 7.98. The Balaban J connectivity index is 1.46. The summed E-state index contributed by atoms with van der Waals surface area (Å²) in [6.07, 6.45) is 0.840. The van der Waals surface area contributed by atoms with Crippen molar-refractivity contribution in [1.29, 1.82) is 0 Å². The van der Waals surface area contributed by atoms with Crippen LogP contribution in [0.5, 0.6) is 17.2 Å². The van der Waals surface area contributed by atoms with Gasteiger partial charge in [0.2, 0.25) is 12.7 Å². The number of aryl methyl sites for hydroxylation is 1. The van der Waals surface area contributed by atoms with Crippen molar-refractivity contribution in [1.82, 2.24) is 4.98 Å². The zero-order valence-electron chi connectivity index (χ0n) is 15.7. The highest BCUT2D eigenvalue weighted by molar-refractivity contribution is 8.00. The number of rotatable bonds is 6. The summed E-state index contributed by atoms with van der Waals surface area (Å²) in [5.41, 5.74) is 2.68. The lowest BCUT2D eigenvalue weighted by atomic mass is 10.1. The zero-order chi connectivity index (χ0) is 19.5. The minimum absolute atomic E-state index is 0.0949. The molecule has 3 aromatic rings. The van der Waals surface area contributed by atoms with Gasteiger partial charge in [-0.3, -0.25) is 4.79 Å². The summed E-state index contributed by atoms with van der Waals surface area (Å²) in [7, 11) is 1.65. The molecule has 0 unspecified atom stereocenters. The van der Waals surface area contributed by atoms with E-state index in [-0.39, 0.29) is 18.5 Å². The van der Waals surface area contributed by atoms with Crippen molar-refractivity contribution in [3.63, 3.8) is 0 Å². The van der Waals surface area contributed by atoms with Gasteiger partial charge < -0.3 is 19.5 Å². The van der Waals surface area contributed by atoms with E-state index >= 15 is 0 Å². The molecule has 0 atom stereocenters. The Labute approximate surface area is 167 Å². The number of nitrogens with zero attached hydrogens (tertiary/aromatic N) is 1. The third kappa shape index (κ3) is 3.84. The maximum atomic E-state index is 12.4. The van der Waals surface area contributed by atoms with Crippen LogP contribution in [0.25, 0.3) is 10.9 Å². The lowest BCUT2D eigenvalue weighted by Gasteiger charge is -2.10. The first-order valence-electron chi connectivity index (χ1n) is 8.96. The first kappa shape index (κ1) is 18.4. The summed E-state index contributed by atoms with van der Waals surface area (Å²) >= 11 is 1.44. The molecule has 0 bridgehead atoms. The van der Waals surface area contributed by atoms with Crippen molar-refractivity contribution in [3.05, 3.63) is 48.0 Å². The van der Waals surface area contributed by atoms with Crippen LogP contribution in [0, 0.1) is 0 Å². The standard InChI is InChI=1S/C21H20N2O4S/c1-3-13-8-14-9-16(25-2)5-6-17(14)23-21(13)28-11-20(24)22-15-4-7-18-19(10-15)27-12-26-18/h4-10H,3,11-12H2,1-2H3,(H,22,24). The second-order valence-electron chi connectivity index (χ2n) is 6.27. The van der Waals surface area contributed by atoms with Crippen molar-refractivity contribution in [2.45, 2.75) is 18.4 Å². The van der Waals surface area contributed by atoms with Crippen LogP contribution < -0.4 is 19.5 Å². The number of ether oxygens (including phenoxy) is 3. The molecule has 1 aromatic heterocycles. The fourth-order valence-electron chi connectivity index (χ4n) is 2.99. The van der Waals surface area contributed by atoms with Crippen LogP contribution in [-0.4, -0.2) is 30.5 Å². The van der Waals surface area contributed by atoms with Gasteiger partial charge in [0.25, 0.3) is 0 Å². The monoisotopic (exact) mass is 396 g/mol. The Morgan fingerprint density at radius 3 is 2.86 bits per heavy atom. The van der Waals surface area contributed by atoms with Crippen LogP contribution >= 0.6 is 11.8 Å². The minimum atomic E-state index is -0.0949. The molecule has 1 N–H and O–H groups in total. The molecule has 0 radical (unpaired) electrons. The van der Waals surface area contributed by atoms with Crippen LogP contribution in [-0.2, 0) is 11.2 Å². The Hall–Kier alpha value is -2.93. The van der Waals surface area contributed by atoms with Gasteiger partial charge in [0.05, 0.1) is 18.4 Å². The second-order valence-corrected chi connectivity index (χ2v) is 7.23. The summed E-state index contributed by atoms with van der Waals surface area (Å²) in [5, 5.41) is 4.80. The Kier molecular flexibility index (Phi) is 5.25. The van der Waals surface area contributed by atoms with Gasteiger partial charge >= 0.3 is 0 Å². The lowest BCUT2D eigenvalue weighted by Crippen LogP contribution is -2.14. The van der Waals surface area contributed by atoms with Crippen molar-refractivity contribution < 1.29 is 19.0 Å². The zero-order valence-corrected chi connectivity index (χ0v) is 16.5. The molecule has 6 nitrogen and oxygen atoms in total. The average Bonchev–Trinajstić information content (AvgIpc) is 3.19. The van der Waals surface area contributed by atoms with Crippen LogP contribution in [0.1, 0.15) is 12.5 Å². The van der Waals surface area contributed by atoms with Crippen molar-refractivity contribution in [3.8, 4) is 17.2 Å². The predicted octanol–water partition coefficient (Wildman–Crippen LogP) is 4.27. The number of anilines is 1. The number of thioether (sulfide) groups is 1. The van der Waals surface area contributed by atoms with Crippen LogP contribution in [0.3, 0.4) is 0 Å². The molecule has 1 aliphatic rings. The number of aromatic nitrogens is 1. The molecule has 144 valence electrons. The fourth-order valence-corrected chi connectivity index (χ4v) is 3.88. The van der Waals surface area contributed by atoms with E-state index in [1.54, 1.807) is 25.3 Å². The molecule has 2 heterocycles. The molecule has 28 heavy (non-hydrogen) atoms. The van der Waals surface area contributed by atoms with Gasteiger partial charge in [-0.25, -0.2) is 4.98 Å². The highest BCUT2D eigenvalue weighted by Gasteiger charge is 2.15. The number of methoxy groups -OCH3 is 1. The number of hydrogen-bond donors (Lipinski definition) is 1. The largest absolute Gasteiger partial charge is 0.497 e. The maximum Gasteiger partial charge on any atom is 0.234 e. The number of nitrogens with one attached hydrogen (secondary N) is 1. The normalized spacial score (nSPS) is 12.2. The van der Waals surface area contributed by atoms with E-state index in [2.05, 4.69) is 18.3 Å². The predicted molar refractivity (Wildman–Crippen MR) is 110 cm³/mol. The van der Waals surface area contributed by atoms with E-state index in [9.17, 15) is 4.79 Å². The summed E-state index contributed by atoms with van der Waals surface area (Å²) < 4.78 is 15.9. The summed E-state index contributed by atoms with van der Waals surface area (Å²) in [6, 6.07) is 13.3. The van der Waals surface area contributed by atoms with Gasteiger partial charge in [-0.15, -0.1) is 0 Å². The Morgan fingerprint density at radius 2 is 2.04 bits per heavy atom. The van der Waals surface area contributed by atoms with E-state index in [4.69, 9.17) is 19.2 Å². The third-order valence-corrected chi connectivity index (χ3v) is 5.47. The first-order chi connectivity index (χ1) is 13.7. The molecule has 1 amide bonds. The van der Waals surface area contributed by atoms with Gasteiger partial charge in [0.1, 0.15) is 10.8 Å². The molecule has 0 saturated carbocycles. The third-order valence-electron chi connectivity index (χ3n) is 4.44. The molecule has 0 saturated heterocycles. The quantitative estimate of drug-likeness (QED) is 0.628. The van der Waals surface area contributed by atoms with Gasteiger partial charge in [0.15, 0.2) is 11.5 Å². The highest BCUT2D eigenvalue weighted by atomic mass is 32.2. The van der Waals surface area contributed by atoms with E-state index in [1.807, 2.05) is 18.2 Å². The van der Waals surface area contributed by atoms with E-state index < -0.39 is 0 Å². The highest BCUT2D eigenvalue weighted by Crippen LogP contribution is 2.34. The molecule has 0 aliphatic carbocycles. The van der Waals surface area contributed by atoms with Crippen molar-refractivity contribution in [2.75, 3.05) is 25.0 Å². The first-order valence-corrected chi connectivity index (χ1v) is 9.95. The molecule has 7 heteroatoms. The molecule has 0 fully saturated rings. The number of benzene rings is 2. The lowest BCUT2D eigenvalue weighted by molar-refractivity contribution is -0.113. The summed E-state index contributed by atoms with van der Waals surface area (Å²) in [6.45, 7) is 2.29. The van der Waals surface area contributed by atoms with Gasteiger partial charge in [-0.2, -0.15) is 0 Å². The molecule has 1 aliphatic heterocycles. The minimum Gasteiger partial charge on any atom is -0.497 e. The Morgan fingerprint density at radius 1 is 1.18 bits per heavy atom. The van der Waals surface area contributed by atoms with Crippen molar-refractivity contribution >= 4 is 34.3 Å². The maximum absolute atomic E-state index is 12.4. The number of carbonyl (C=O) groups is 1. The topological polar surface area (TPSA) is 69.7 Å². The van der Waals surface area contributed by atoms with E-state index in [0.29, 0.717) is 17.2 Å². The molecule has 2 aromatic carbocycles.